The number of ketones is 1. The molecule has 130 valence electrons. The van der Waals surface area contributed by atoms with Gasteiger partial charge in [0.05, 0.1) is 0 Å². The highest BCUT2D eigenvalue weighted by Crippen LogP contribution is 2.23. The molecule has 2 aromatic carbocycles. The third-order valence-electron chi connectivity index (χ3n) is 4.03. The van der Waals surface area contributed by atoms with Crippen LogP contribution in [0, 0.1) is 0 Å². The Morgan fingerprint density at radius 3 is 2.42 bits per heavy atom. The number of nitrogens with zero attached hydrogens (tertiary/aromatic N) is 2. The summed E-state index contributed by atoms with van der Waals surface area (Å²) in [6, 6.07) is 20.3. The van der Waals surface area contributed by atoms with Crippen LogP contribution < -0.4 is 10.2 Å². The van der Waals surface area contributed by atoms with Crippen molar-refractivity contribution in [1.82, 2.24) is 4.98 Å². The van der Waals surface area contributed by atoms with Crippen LogP contribution in [0.1, 0.15) is 27.8 Å². The molecule has 5 nitrogen and oxygen atoms in total. The van der Waals surface area contributed by atoms with Gasteiger partial charge in [0, 0.05) is 35.9 Å². The van der Waals surface area contributed by atoms with Crippen LogP contribution in [0.15, 0.2) is 72.9 Å². The highest BCUT2D eigenvalue weighted by molar-refractivity contribution is 6.04. The summed E-state index contributed by atoms with van der Waals surface area (Å²) in [5.41, 5.74) is 3.28. The molecule has 0 saturated heterocycles. The predicted octanol–water partition coefficient (Wildman–Crippen LogP) is 4.30. The number of Topliss-reactive ketones (excluding diaryl/α,β-unsaturated/α-hetero) is 1. The zero-order chi connectivity index (χ0) is 18.5. The smallest absolute Gasteiger partial charge is 0.274 e. The molecule has 5 heteroatoms. The Kier molecular flexibility index (Phi) is 5.08. The second-order valence-corrected chi connectivity index (χ2v) is 5.88. The van der Waals surface area contributed by atoms with Gasteiger partial charge in [-0.25, -0.2) is 0 Å². The van der Waals surface area contributed by atoms with E-state index in [1.54, 1.807) is 36.5 Å². The number of benzene rings is 2. The fourth-order valence-corrected chi connectivity index (χ4v) is 2.56. The van der Waals surface area contributed by atoms with Crippen LogP contribution in [-0.4, -0.2) is 23.7 Å². The normalized spacial score (nSPS) is 10.2. The number of nitrogens with one attached hydrogen (secondary N) is 1. The van der Waals surface area contributed by atoms with Crippen molar-refractivity contribution in [1.29, 1.82) is 0 Å². The molecule has 3 aromatic rings. The van der Waals surface area contributed by atoms with Crippen molar-refractivity contribution in [2.45, 2.75) is 6.92 Å². The van der Waals surface area contributed by atoms with E-state index in [9.17, 15) is 9.59 Å². The fraction of sp³-hybridized carbons (Fsp3) is 0.0952. The molecule has 0 atom stereocenters. The molecule has 0 aliphatic carbocycles. The first-order valence-electron chi connectivity index (χ1n) is 8.22. The Labute approximate surface area is 152 Å². The Hall–Kier alpha value is -3.47. The van der Waals surface area contributed by atoms with Crippen LogP contribution in [0.2, 0.25) is 0 Å². The van der Waals surface area contributed by atoms with E-state index in [4.69, 9.17) is 0 Å². The molecule has 0 bridgehead atoms. The van der Waals surface area contributed by atoms with Gasteiger partial charge < -0.3 is 10.2 Å². The molecule has 1 amide bonds. The summed E-state index contributed by atoms with van der Waals surface area (Å²) in [5.74, 6) is -0.375. The second-order valence-electron chi connectivity index (χ2n) is 5.88. The summed E-state index contributed by atoms with van der Waals surface area (Å²) in [5, 5.41) is 2.79. The quantitative estimate of drug-likeness (QED) is 0.700. The number of amides is 1. The number of carbonyl (C=O) groups is 2. The van der Waals surface area contributed by atoms with E-state index < -0.39 is 0 Å². The van der Waals surface area contributed by atoms with Gasteiger partial charge in [-0.05, 0) is 43.3 Å². The van der Waals surface area contributed by atoms with Crippen molar-refractivity contribution < 1.29 is 9.59 Å². The van der Waals surface area contributed by atoms with E-state index in [1.165, 1.54) is 6.92 Å². The van der Waals surface area contributed by atoms with Crippen LogP contribution >= 0.6 is 0 Å². The summed E-state index contributed by atoms with van der Waals surface area (Å²) in [6.07, 6.45) is 1.61. The molecule has 0 radical (unpaired) electrons. The van der Waals surface area contributed by atoms with E-state index in [0.29, 0.717) is 16.9 Å². The average molecular weight is 345 g/mol. The molecule has 0 spiro atoms. The van der Waals surface area contributed by atoms with Crippen molar-refractivity contribution in [2.75, 3.05) is 17.3 Å². The summed E-state index contributed by atoms with van der Waals surface area (Å²) in [4.78, 5) is 30.2. The number of para-hydroxylation sites is 1. The van der Waals surface area contributed by atoms with Gasteiger partial charge >= 0.3 is 0 Å². The Balaban J connectivity index is 1.80. The fourth-order valence-electron chi connectivity index (χ4n) is 2.56. The zero-order valence-electron chi connectivity index (χ0n) is 14.6. The van der Waals surface area contributed by atoms with Gasteiger partial charge in [0.2, 0.25) is 0 Å². The van der Waals surface area contributed by atoms with Crippen molar-refractivity contribution >= 4 is 28.8 Å². The first kappa shape index (κ1) is 17.4. The number of hydrogen-bond donors (Lipinski definition) is 1. The zero-order valence-corrected chi connectivity index (χ0v) is 14.6. The van der Waals surface area contributed by atoms with E-state index in [-0.39, 0.29) is 11.7 Å². The van der Waals surface area contributed by atoms with Gasteiger partial charge in [0.15, 0.2) is 5.78 Å². The third-order valence-corrected chi connectivity index (χ3v) is 4.03. The number of hydrogen-bond acceptors (Lipinski definition) is 4. The maximum absolute atomic E-state index is 12.5. The lowest BCUT2D eigenvalue weighted by molar-refractivity contribution is 0.100. The number of pyridine rings is 1. The SMILES string of the molecule is CC(=O)c1cccc(NC(=O)c2cc(N(C)c3ccccc3)ccn2)c1. The van der Waals surface area contributed by atoms with E-state index in [0.717, 1.165) is 11.4 Å². The molecule has 0 unspecified atom stereocenters. The van der Waals surface area contributed by atoms with Crippen molar-refractivity contribution in [3.8, 4) is 0 Å². The molecule has 3 rings (SSSR count). The van der Waals surface area contributed by atoms with E-state index in [1.807, 2.05) is 48.3 Å². The maximum Gasteiger partial charge on any atom is 0.274 e. The summed E-state index contributed by atoms with van der Waals surface area (Å²) in [6.45, 7) is 1.49. The molecule has 0 aliphatic heterocycles. The lowest BCUT2D eigenvalue weighted by Gasteiger charge is -2.19. The predicted molar refractivity (Wildman–Crippen MR) is 103 cm³/mol. The molecule has 1 N–H and O–H groups in total. The molecular formula is C21H19N3O2. The highest BCUT2D eigenvalue weighted by atomic mass is 16.2. The van der Waals surface area contributed by atoms with Crippen molar-refractivity contribution in [2.24, 2.45) is 0 Å². The minimum absolute atomic E-state index is 0.0503. The van der Waals surface area contributed by atoms with Crippen molar-refractivity contribution in [3.05, 3.63) is 84.2 Å². The van der Waals surface area contributed by atoms with E-state index in [2.05, 4.69) is 10.3 Å². The largest absolute Gasteiger partial charge is 0.345 e. The molecule has 26 heavy (non-hydrogen) atoms. The topological polar surface area (TPSA) is 62.3 Å². The molecule has 1 heterocycles. The van der Waals surface area contributed by atoms with Gasteiger partial charge in [-0.1, -0.05) is 30.3 Å². The van der Waals surface area contributed by atoms with Crippen LogP contribution in [0.5, 0.6) is 0 Å². The van der Waals surface area contributed by atoms with Gasteiger partial charge in [-0.3, -0.25) is 14.6 Å². The van der Waals surface area contributed by atoms with Gasteiger partial charge in [0.1, 0.15) is 5.69 Å². The summed E-state index contributed by atoms with van der Waals surface area (Å²) >= 11 is 0. The number of carbonyl (C=O) groups excluding carboxylic acids is 2. The van der Waals surface area contributed by atoms with Gasteiger partial charge in [-0.2, -0.15) is 0 Å². The first-order chi connectivity index (χ1) is 12.5. The number of aromatic nitrogens is 1. The summed E-state index contributed by atoms with van der Waals surface area (Å²) < 4.78 is 0. The molecular weight excluding hydrogens is 326 g/mol. The molecule has 0 fully saturated rings. The standard InChI is InChI=1S/C21H19N3O2/c1-15(25)16-7-6-8-17(13-16)23-21(26)20-14-19(11-12-22-20)24(2)18-9-4-3-5-10-18/h3-14H,1-2H3,(H,23,26). The highest BCUT2D eigenvalue weighted by Gasteiger charge is 2.12. The summed E-state index contributed by atoms with van der Waals surface area (Å²) in [7, 11) is 1.93. The van der Waals surface area contributed by atoms with Gasteiger partial charge in [0.25, 0.3) is 5.91 Å². The average Bonchev–Trinajstić information content (AvgIpc) is 2.68. The van der Waals surface area contributed by atoms with Crippen LogP contribution in [0.4, 0.5) is 17.1 Å². The lowest BCUT2D eigenvalue weighted by Crippen LogP contribution is -2.16. The van der Waals surface area contributed by atoms with Gasteiger partial charge in [-0.15, -0.1) is 0 Å². The minimum atomic E-state index is -0.325. The number of anilines is 3. The minimum Gasteiger partial charge on any atom is -0.345 e. The number of rotatable bonds is 5. The maximum atomic E-state index is 12.5. The monoisotopic (exact) mass is 345 g/mol. The first-order valence-corrected chi connectivity index (χ1v) is 8.22. The lowest BCUT2D eigenvalue weighted by atomic mass is 10.1. The van der Waals surface area contributed by atoms with Crippen LogP contribution in [0.3, 0.4) is 0 Å². The third kappa shape index (κ3) is 3.95. The van der Waals surface area contributed by atoms with Crippen LogP contribution in [0.25, 0.3) is 0 Å². The Bertz CT molecular complexity index is 939. The Morgan fingerprint density at radius 1 is 0.923 bits per heavy atom. The van der Waals surface area contributed by atoms with E-state index >= 15 is 0 Å². The molecule has 0 aliphatic rings. The van der Waals surface area contributed by atoms with Crippen LogP contribution in [-0.2, 0) is 0 Å². The molecule has 0 saturated carbocycles. The Morgan fingerprint density at radius 2 is 1.69 bits per heavy atom. The van der Waals surface area contributed by atoms with Crippen molar-refractivity contribution in [3.63, 3.8) is 0 Å². The second kappa shape index (κ2) is 7.61. The molecule has 1 aromatic heterocycles.